The van der Waals surface area contributed by atoms with Crippen LogP contribution in [0.5, 0.6) is 0 Å². The van der Waals surface area contributed by atoms with E-state index < -0.39 is 17.5 Å². The van der Waals surface area contributed by atoms with Crippen molar-refractivity contribution >= 4 is 29.0 Å². The Balaban J connectivity index is 2.30. The highest BCUT2D eigenvalue weighted by Gasteiger charge is 2.15. The van der Waals surface area contributed by atoms with E-state index in [0.29, 0.717) is 0 Å². The van der Waals surface area contributed by atoms with Gasteiger partial charge in [-0.15, -0.1) is 0 Å². The number of nitrogens with zero attached hydrogens (tertiary/aromatic N) is 1. The van der Waals surface area contributed by atoms with E-state index in [1.54, 1.807) is 0 Å². The topological polar surface area (TPSA) is 68.0 Å². The van der Waals surface area contributed by atoms with E-state index in [1.807, 2.05) is 0 Å². The minimum absolute atomic E-state index is 0.0588. The number of carbonyl (C=O) groups excluding carboxylic acids is 1. The molecular formula is C12H8ClF2N3O. The Morgan fingerprint density at radius 2 is 2.00 bits per heavy atom. The number of rotatable bonds is 2. The molecule has 1 aromatic carbocycles. The van der Waals surface area contributed by atoms with Crippen molar-refractivity contribution in [2.45, 2.75) is 0 Å². The van der Waals surface area contributed by atoms with Crippen molar-refractivity contribution < 1.29 is 13.6 Å². The Kier molecular flexibility index (Phi) is 3.62. The lowest BCUT2D eigenvalue weighted by atomic mass is 10.2. The summed E-state index contributed by atoms with van der Waals surface area (Å²) in [6.07, 6.45) is 0. The Morgan fingerprint density at radius 1 is 1.26 bits per heavy atom. The molecule has 2 aromatic rings. The lowest BCUT2D eigenvalue weighted by Crippen LogP contribution is -2.16. The first-order valence-electron chi connectivity index (χ1n) is 5.16. The predicted octanol–water partition coefficient (Wildman–Crippen LogP) is 2.85. The smallest absolute Gasteiger partial charge is 0.275 e. The number of nitrogens with one attached hydrogen (secondary N) is 1. The molecule has 7 heteroatoms. The van der Waals surface area contributed by atoms with Gasteiger partial charge in [0.2, 0.25) is 0 Å². The van der Waals surface area contributed by atoms with Crippen LogP contribution in [-0.4, -0.2) is 10.9 Å². The maximum Gasteiger partial charge on any atom is 0.275 e. The van der Waals surface area contributed by atoms with Gasteiger partial charge in [-0.3, -0.25) is 4.79 Å². The molecule has 0 fully saturated rings. The SMILES string of the molecule is Nc1ccc(Cl)c(C(=O)Nc2cc(F)ccc2F)n1. The van der Waals surface area contributed by atoms with Crippen LogP contribution in [-0.2, 0) is 0 Å². The summed E-state index contributed by atoms with van der Waals surface area (Å²) in [6.45, 7) is 0. The average Bonchev–Trinajstić information content (AvgIpc) is 2.36. The molecule has 1 aromatic heterocycles. The van der Waals surface area contributed by atoms with Gasteiger partial charge in [0.05, 0.1) is 10.7 Å². The number of amides is 1. The minimum Gasteiger partial charge on any atom is -0.384 e. The summed E-state index contributed by atoms with van der Waals surface area (Å²) >= 11 is 5.78. The van der Waals surface area contributed by atoms with Crippen molar-refractivity contribution in [3.8, 4) is 0 Å². The Labute approximate surface area is 112 Å². The molecule has 2 rings (SSSR count). The van der Waals surface area contributed by atoms with Crippen molar-refractivity contribution in [2.75, 3.05) is 11.1 Å². The third kappa shape index (κ3) is 2.97. The highest BCUT2D eigenvalue weighted by Crippen LogP contribution is 2.19. The number of benzene rings is 1. The molecule has 0 aliphatic rings. The standard InChI is InChI=1S/C12H8ClF2N3O/c13-7-2-4-10(16)18-11(7)12(19)17-9-5-6(14)1-3-8(9)15/h1-5H,(H2,16,18)(H,17,19). The fourth-order valence-electron chi connectivity index (χ4n) is 1.39. The third-order valence-corrected chi connectivity index (χ3v) is 2.56. The van der Waals surface area contributed by atoms with E-state index in [0.717, 1.165) is 18.2 Å². The van der Waals surface area contributed by atoms with Crippen LogP contribution in [0.4, 0.5) is 20.3 Å². The Bertz CT molecular complexity index is 649. The first-order valence-corrected chi connectivity index (χ1v) is 5.53. The molecular weight excluding hydrogens is 276 g/mol. The van der Waals surface area contributed by atoms with Crippen molar-refractivity contribution in [3.63, 3.8) is 0 Å². The van der Waals surface area contributed by atoms with Gasteiger partial charge in [0.25, 0.3) is 5.91 Å². The fourth-order valence-corrected chi connectivity index (χ4v) is 1.58. The van der Waals surface area contributed by atoms with Crippen molar-refractivity contribution in [1.82, 2.24) is 4.98 Å². The van der Waals surface area contributed by atoms with Crippen molar-refractivity contribution in [2.24, 2.45) is 0 Å². The molecule has 0 atom stereocenters. The van der Waals surface area contributed by atoms with Crippen LogP contribution in [0.1, 0.15) is 10.5 Å². The lowest BCUT2D eigenvalue weighted by molar-refractivity contribution is 0.102. The highest BCUT2D eigenvalue weighted by atomic mass is 35.5. The zero-order valence-corrected chi connectivity index (χ0v) is 10.2. The third-order valence-electron chi connectivity index (χ3n) is 2.26. The molecule has 0 saturated carbocycles. The summed E-state index contributed by atoms with van der Waals surface area (Å²) in [5.74, 6) is -2.13. The molecule has 0 unspecified atom stereocenters. The zero-order chi connectivity index (χ0) is 14.0. The Morgan fingerprint density at radius 3 is 2.74 bits per heavy atom. The monoisotopic (exact) mass is 283 g/mol. The molecule has 98 valence electrons. The van der Waals surface area contributed by atoms with Gasteiger partial charge in [-0.05, 0) is 24.3 Å². The molecule has 0 spiro atoms. The molecule has 1 amide bonds. The number of aromatic nitrogens is 1. The summed E-state index contributed by atoms with van der Waals surface area (Å²) in [6, 6.07) is 5.51. The molecule has 0 saturated heterocycles. The van der Waals surface area contributed by atoms with E-state index in [4.69, 9.17) is 17.3 Å². The van der Waals surface area contributed by atoms with Crippen LogP contribution in [0.2, 0.25) is 5.02 Å². The number of pyridine rings is 1. The van der Waals surface area contributed by atoms with Crippen LogP contribution in [0.3, 0.4) is 0 Å². The van der Waals surface area contributed by atoms with Gasteiger partial charge in [-0.25, -0.2) is 13.8 Å². The molecule has 1 heterocycles. The van der Waals surface area contributed by atoms with Crippen LogP contribution in [0.15, 0.2) is 30.3 Å². The number of nitrogen functional groups attached to an aromatic ring is 1. The maximum atomic E-state index is 13.4. The first kappa shape index (κ1) is 13.2. The van der Waals surface area contributed by atoms with Gasteiger partial charge >= 0.3 is 0 Å². The first-order chi connectivity index (χ1) is 8.97. The van der Waals surface area contributed by atoms with Gasteiger partial charge < -0.3 is 11.1 Å². The van der Waals surface area contributed by atoms with E-state index >= 15 is 0 Å². The van der Waals surface area contributed by atoms with Gasteiger partial charge in [0, 0.05) is 6.07 Å². The summed E-state index contributed by atoms with van der Waals surface area (Å²) in [4.78, 5) is 15.6. The molecule has 4 nitrogen and oxygen atoms in total. The number of anilines is 2. The zero-order valence-electron chi connectivity index (χ0n) is 9.45. The largest absolute Gasteiger partial charge is 0.384 e. The second-order valence-corrected chi connectivity index (χ2v) is 4.05. The van der Waals surface area contributed by atoms with Crippen LogP contribution in [0, 0.1) is 11.6 Å². The fraction of sp³-hybridized carbons (Fsp3) is 0. The molecule has 3 N–H and O–H groups in total. The number of hydrogen-bond donors (Lipinski definition) is 2. The second kappa shape index (κ2) is 5.19. The average molecular weight is 284 g/mol. The highest BCUT2D eigenvalue weighted by molar-refractivity contribution is 6.34. The van der Waals surface area contributed by atoms with E-state index in [2.05, 4.69) is 10.3 Å². The van der Waals surface area contributed by atoms with Gasteiger partial charge in [0.1, 0.15) is 23.1 Å². The van der Waals surface area contributed by atoms with Crippen LogP contribution < -0.4 is 11.1 Å². The summed E-state index contributed by atoms with van der Waals surface area (Å²) in [5.41, 5.74) is 4.97. The van der Waals surface area contributed by atoms with Gasteiger partial charge in [-0.1, -0.05) is 11.6 Å². The lowest BCUT2D eigenvalue weighted by Gasteiger charge is -2.07. The molecule has 0 aliphatic heterocycles. The van der Waals surface area contributed by atoms with E-state index in [9.17, 15) is 13.6 Å². The molecule has 19 heavy (non-hydrogen) atoms. The number of nitrogens with two attached hydrogens (primary N) is 1. The molecule has 0 aliphatic carbocycles. The quantitative estimate of drug-likeness (QED) is 0.890. The predicted molar refractivity (Wildman–Crippen MR) is 68.0 cm³/mol. The molecule has 0 bridgehead atoms. The summed E-state index contributed by atoms with van der Waals surface area (Å²) < 4.78 is 26.3. The van der Waals surface area contributed by atoms with Crippen molar-refractivity contribution in [1.29, 1.82) is 0 Å². The van der Waals surface area contributed by atoms with Crippen LogP contribution in [0.25, 0.3) is 0 Å². The van der Waals surface area contributed by atoms with Crippen LogP contribution >= 0.6 is 11.6 Å². The summed E-state index contributed by atoms with van der Waals surface area (Å²) in [7, 11) is 0. The van der Waals surface area contributed by atoms with E-state index in [-0.39, 0.29) is 22.2 Å². The number of carbonyl (C=O) groups is 1. The van der Waals surface area contributed by atoms with E-state index in [1.165, 1.54) is 12.1 Å². The number of hydrogen-bond acceptors (Lipinski definition) is 3. The summed E-state index contributed by atoms with van der Waals surface area (Å²) in [5, 5.41) is 2.24. The van der Waals surface area contributed by atoms with Gasteiger partial charge in [-0.2, -0.15) is 0 Å². The maximum absolute atomic E-state index is 13.4. The second-order valence-electron chi connectivity index (χ2n) is 3.64. The van der Waals surface area contributed by atoms with Gasteiger partial charge in [0.15, 0.2) is 0 Å². The van der Waals surface area contributed by atoms with Crippen molar-refractivity contribution in [3.05, 3.63) is 52.7 Å². The molecule has 0 radical (unpaired) electrons. The number of halogens is 3. The normalized spacial score (nSPS) is 10.3. The minimum atomic E-state index is -0.776. The Hall–Kier alpha value is -2.21.